The Morgan fingerprint density at radius 1 is 1.13 bits per heavy atom. The van der Waals surface area contributed by atoms with Crippen LogP contribution in [0.5, 0.6) is 0 Å². The predicted molar refractivity (Wildman–Crippen MR) is 97.6 cm³/mol. The molecule has 0 aliphatic carbocycles. The zero-order valence-electron chi connectivity index (χ0n) is 12.7. The van der Waals surface area contributed by atoms with Crippen LogP contribution in [-0.4, -0.2) is 25.8 Å². The molecule has 3 rings (SSSR count). The minimum absolute atomic E-state index is 0.0265. The van der Waals surface area contributed by atoms with Gasteiger partial charge in [-0.05, 0) is 0 Å². The van der Waals surface area contributed by atoms with Crippen molar-refractivity contribution in [2.75, 3.05) is 5.32 Å². The van der Waals surface area contributed by atoms with Crippen molar-refractivity contribution in [3.8, 4) is 11.3 Å². The first-order valence-corrected chi connectivity index (χ1v) is 10.2. The molecule has 1 amide bonds. The molecule has 0 unspecified atom stereocenters. The van der Waals surface area contributed by atoms with Gasteiger partial charge in [-0.2, -0.15) is 0 Å². The van der Waals surface area contributed by atoms with Crippen molar-refractivity contribution in [1.29, 1.82) is 0 Å². The second-order valence-electron chi connectivity index (χ2n) is 5.05. The van der Waals surface area contributed by atoms with Gasteiger partial charge < -0.3 is 0 Å². The van der Waals surface area contributed by atoms with Crippen LogP contribution in [0, 0.1) is 6.92 Å². The third kappa shape index (κ3) is 4.52. The van der Waals surface area contributed by atoms with Crippen LogP contribution in [0.25, 0.3) is 11.3 Å². The van der Waals surface area contributed by atoms with E-state index in [4.69, 9.17) is 0 Å². The van der Waals surface area contributed by atoms with Crippen LogP contribution in [0.1, 0.15) is 5.56 Å². The van der Waals surface area contributed by atoms with E-state index >= 15 is 0 Å². The summed E-state index contributed by atoms with van der Waals surface area (Å²) in [5.74, 6) is 0.0265. The Hall–Kier alpha value is -1.94. The SMILES string of the molecule is Cc1ccc(-c2csc(NC(=O)C[Se]c3ccccc3)n2)cc1. The van der Waals surface area contributed by atoms with Crippen LogP contribution in [0.15, 0.2) is 60.0 Å². The molecule has 0 fully saturated rings. The molecule has 0 saturated heterocycles. The van der Waals surface area contributed by atoms with Gasteiger partial charge in [-0.25, -0.2) is 0 Å². The van der Waals surface area contributed by atoms with Gasteiger partial charge in [-0.1, -0.05) is 0 Å². The maximum absolute atomic E-state index is 12.0. The van der Waals surface area contributed by atoms with Crippen LogP contribution in [0.2, 0.25) is 5.32 Å². The molecule has 23 heavy (non-hydrogen) atoms. The molecular weight excluding hydrogens is 371 g/mol. The molecule has 0 aliphatic heterocycles. The number of thiazole rings is 1. The topological polar surface area (TPSA) is 42.0 Å². The van der Waals surface area contributed by atoms with Crippen LogP contribution < -0.4 is 9.78 Å². The Labute approximate surface area is 145 Å². The quantitative estimate of drug-likeness (QED) is 0.681. The Morgan fingerprint density at radius 2 is 1.87 bits per heavy atom. The van der Waals surface area contributed by atoms with E-state index in [1.807, 2.05) is 23.6 Å². The second-order valence-corrected chi connectivity index (χ2v) is 8.11. The number of nitrogens with zero attached hydrogens (tertiary/aromatic N) is 1. The van der Waals surface area contributed by atoms with E-state index in [0.717, 1.165) is 11.3 Å². The molecule has 1 heterocycles. The molecule has 116 valence electrons. The van der Waals surface area contributed by atoms with Gasteiger partial charge in [-0.15, -0.1) is 0 Å². The number of benzene rings is 2. The number of carbonyl (C=O) groups is 1. The van der Waals surface area contributed by atoms with Gasteiger partial charge in [-0.3, -0.25) is 0 Å². The number of rotatable bonds is 5. The van der Waals surface area contributed by atoms with Crippen LogP contribution >= 0.6 is 11.3 Å². The molecule has 3 nitrogen and oxygen atoms in total. The molecule has 0 atom stereocenters. The van der Waals surface area contributed by atoms with Gasteiger partial charge in [0.05, 0.1) is 0 Å². The van der Waals surface area contributed by atoms with E-state index in [0.29, 0.717) is 10.5 Å². The van der Waals surface area contributed by atoms with E-state index in [9.17, 15) is 4.79 Å². The molecule has 1 aromatic heterocycles. The average molecular weight is 387 g/mol. The van der Waals surface area contributed by atoms with Gasteiger partial charge in [0.25, 0.3) is 0 Å². The van der Waals surface area contributed by atoms with Gasteiger partial charge in [0.1, 0.15) is 0 Å². The number of nitrogens with one attached hydrogen (secondary N) is 1. The Bertz CT molecular complexity index is 784. The van der Waals surface area contributed by atoms with Crippen LogP contribution in [0.4, 0.5) is 5.13 Å². The summed E-state index contributed by atoms with van der Waals surface area (Å²) in [4.78, 5) is 16.5. The van der Waals surface area contributed by atoms with E-state index in [1.165, 1.54) is 21.4 Å². The van der Waals surface area contributed by atoms with Crippen LogP contribution in [-0.2, 0) is 4.79 Å². The zero-order valence-corrected chi connectivity index (χ0v) is 15.2. The van der Waals surface area contributed by atoms with E-state index in [-0.39, 0.29) is 20.9 Å². The van der Waals surface area contributed by atoms with Crippen LogP contribution in [0.3, 0.4) is 0 Å². The molecule has 0 radical (unpaired) electrons. The van der Waals surface area contributed by atoms with Crippen molar-refractivity contribution in [3.63, 3.8) is 0 Å². The van der Waals surface area contributed by atoms with Crippen molar-refractivity contribution >= 4 is 41.8 Å². The van der Waals surface area contributed by atoms with E-state index in [2.05, 4.69) is 53.6 Å². The Balaban J connectivity index is 1.58. The Kier molecular flexibility index (Phi) is 5.23. The molecule has 0 bridgehead atoms. The summed E-state index contributed by atoms with van der Waals surface area (Å²) in [7, 11) is 0. The molecule has 0 spiro atoms. The van der Waals surface area contributed by atoms with Gasteiger partial charge in [0, 0.05) is 0 Å². The monoisotopic (exact) mass is 388 g/mol. The summed E-state index contributed by atoms with van der Waals surface area (Å²) < 4.78 is 1.23. The minimum atomic E-state index is 0.0265. The molecular formula is C18H16N2OSSe. The summed E-state index contributed by atoms with van der Waals surface area (Å²) in [6, 6.07) is 18.3. The molecule has 0 saturated carbocycles. The van der Waals surface area contributed by atoms with E-state index < -0.39 is 0 Å². The number of carbonyl (C=O) groups excluding carboxylic acids is 1. The number of aryl methyl sites for hydroxylation is 1. The first kappa shape index (κ1) is 15.9. The van der Waals surface area contributed by atoms with Gasteiger partial charge >= 0.3 is 146 Å². The number of hydrogen-bond donors (Lipinski definition) is 1. The third-order valence-electron chi connectivity index (χ3n) is 3.21. The van der Waals surface area contributed by atoms with Gasteiger partial charge in [0.2, 0.25) is 0 Å². The first-order chi connectivity index (χ1) is 11.2. The predicted octanol–water partition coefficient (Wildman–Crippen LogP) is 3.51. The molecule has 5 heteroatoms. The fourth-order valence-corrected chi connectivity index (χ4v) is 4.25. The average Bonchev–Trinajstić information content (AvgIpc) is 3.03. The summed E-state index contributed by atoms with van der Waals surface area (Å²) in [6.45, 7) is 2.06. The summed E-state index contributed by atoms with van der Waals surface area (Å²) in [5.41, 5.74) is 3.19. The summed E-state index contributed by atoms with van der Waals surface area (Å²) in [5, 5.41) is 6.06. The van der Waals surface area contributed by atoms with Crippen molar-refractivity contribution in [2.24, 2.45) is 0 Å². The Morgan fingerprint density at radius 3 is 2.61 bits per heavy atom. The van der Waals surface area contributed by atoms with Crippen molar-refractivity contribution in [1.82, 2.24) is 4.98 Å². The number of amides is 1. The molecule has 2 aromatic carbocycles. The van der Waals surface area contributed by atoms with Crippen molar-refractivity contribution in [3.05, 3.63) is 65.5 Å². The zero-order chi connectivity index (χ0) is 16.1. The maximum atomic E-state index is 12.0. The molecule has 0 aliphatic rings. The molecule has 1 N–H and O–H groups in total. The summed E-state index contributed by atoms with van der Waals surface area (Å²) >= 11 is 1.62. The normalized spacial score (nSPS) is 10.5. The van der Waals surface area contributed by atoms with Crippen molar-refractivity contribution in [2.45, 2.75) is 12.2 Å². The first-order valence-electron chi connectivity index (χ1n) is 7.21. The van der Waals surface area contributed by atoms with Crippen molar-refractivity contribution < 1.29 is 4.79 Å². The summed E-state index contributed by atoms with van der Waals surface area (Å²) in [6.07, 6.45) is 0. The third-order valence-corrected chi connectivity index (χ3v) is 6.09. The fourth-order valence-electron chi connectivity index (χ4n) is 2.01. The molecule has 3 aromatic rings. The van der Waals surface area contributed by atoms with Gasteiger partial charge in [0.15, 0.2) is 0 Å². The number of hydrogen-bond acceptors (Lipinski definition) is 3. The standard InChI is InChI=1S/C18H16N2OSSe/c1-13-7-9-14(10-8-13)16-11-22-18(19-16)20-17(21)12-23-15-5-3-2-4-6-15/h2-11H,12H2,1H3,(H,19,20,21). The number of aromatic nitrogens is 1. The number of anilines is 1. The second kappa shape index (κ2) is 7.55. The van der Waals surface area contributed by atoms with E-state index in [1.54, 1.807) is 0 Å². The fraction of sp³-hybridized carbons (Fsp3) is 0.111.